The molecule has 0 spiro atoms. The molecule has 7 nitrogen and oxygen atoms in total. The van der Waals surface area contributed by atoms with Crippen molar-refractivity contribution < 1.29 is 14.1 Å². The van der Waals surface area contributed by atoms with Crippen LogP contribution in [-0.2, 0) is 11.3 Å². The van der Waals surface area contributed by atoms with Crippen molar-refractivity contribution in [1.29, 1.82) is 0 Å². The Hall–Kier alpha value is -2.90. The van der Waals surface area contributed by atoms with Crippen molar-refractivity contribution in [3.8, 4) is 17.1 Å². The number of halogens is 1. The first-order chi connectivity index (χ1) is 14.6. The Morgan fingerprint density at radius 1 is 1.10 bits per heavy atom. The summed E-state index contributed by atoms with van der Waals surface area (Å²) < 4.78 is 11.1. The van der Waals surface area contributed by atoms with Crippen molar-refractivity contribution in [3.63, 3.8) is 0 Å². The number of benzene rings is 2. The highest BCUT2D eigenvalue weighted by Crippen LogP contribution is 2.20. The maximum absolute atomic E-state index is 12.5. The number of nitrogens with zero attached hydrogens (tertiary/aromatic N) is 4. The summed E-state index contributed by atoms with van der Waals surface area (Å²) >= 11 is 5.92. The van der Waals surface area contributed by atoms with Crippen LogP contribution in [0.5, 0.6) is 5.75 Å². The second-order valence-corrected chi connectivity index (χ2v) is 7.67. The van der Waals surface area contributed by atoms with Gasteiger partial charge in [-0.25, -0.2) is 0 Å². The zero-order valence-electron chi connectivity index (χ0n) is 16.8. The third-order valence-corrected chi connectivity index (χ3v) is 5.35. The molecular weight excluding hydrogens is 404 g/mol. The first-order valence-electron chi connectivity index (χ1n) is 9.85. The summed E-state index contributed by atoms with van der Waals surface area (Å²) in [6.07, 6.45) is 0. The molecule has 0 radical (unpaired) electrons. The van der Waals surface area contributed by atoms with E-state index in [0.717, 1.165) is 30.0 Å². The minimum Gasteiger partial charge on any atom is -0.484 e. The van der Waals surface area contributed by atoms with Crippen molar-refractivity contribution in [1.82, 2.24) is 19.9 Å². The monoisotopic (exact) mass is 426 g/mol. The van der Waals surface area contributed by atoms with E-state index in [9.17, 15) is 4.79 Å². The van der Waals surface area contributed by atoms with Crippen molar-refractivity contribution in [2.75, 3.05) is 32.8 Å². The van der Waals surface area contributed by atoms with E-state index in [4.69, 9.17) is 20.9 Å². The Morgan fingerprint density at radius 2 is 1.83 bits per heavy atom. The zero-order valence-corrected chi connectivity index (χ0v) is 17.5. The molecule has 4 rings (SSSR count). The minimum atomic E-state index is 0.000665. The molecule has 1 saturated heterocycles. The fourth-order valence-electron chi connectivity index (χ4n) is 3.33. The molecule has 0 unspecified atom stereocenters. The summed E-state index contributed by atoms with van der Waals surface area (Å²) in [6.45, 7) is 5.36. The molecule has 1 fully saturated rings. The van der Waals surface area contributed by atoms with Crippen LogP contribution in [-0.4, -0.2) is 58.6 Å². The summed E-state index contributed by atoms with van der Waals surface area (Å²) in [7, 11) is 0. The molecule has 156 valence electrons. The van der Waals surface area contributed by atoms with Gasteiger partial charge in [0.25, 0.3) is 5.91 Å². The first-order valence-corrected chi connectivity index (χ1v) is 10.2. The maximum Gasteiger partial charge on any atom is 0.260 e. The molecule has 8 heteroatoms. The van der Waals surface area contributed by atoms with Gasteiger partial charge in [0.2, 0.25) is 11.7 Å². The molecule has 1 aliphatic heterocycles. The summed E-state index contributed by atoms with van der Waals surface area (Å²) in [6, 6.07) is 15.0. The molecular formula is C22H23ClN4O3. The van der Waals surface area contributed by atoms with Crippen LogP contribution in [0.4, 0.5) is 0 Å². The first kappa shape index (κ1) is 20.4. The van der Waals surface area contributed by atoms with Crippen LogP contribution >= 0.6 is 11.6 Å². The molecule has 1 aromatic heterocycles. The van der Waals surface area contributed by atoms with E-state index in [-0.39, 0.29) is 12.5 Å². The predicted octanol–water partition coefficient (Wildman–Crippen LogP) is 3.42. The molecule has 1 aliphatic rings. The van der Waals surface area contributed by atoms with Crippen LogP contribution < -0.4 is 4.74 Å². The molecule has 2 aromatic carbocycles. The molecule has 1 amide bonds. The molecule has 2 heterocycles. The third kappa shape index (κ3) is 4.98. The van der Waals surface area contributed by atoms with E-state index in [0.29, 0.717) is 36.4 Å². The van der Waals surface area contributed by atoms with Gasteiger partial charge in [-0.15, -0.1) is 0 Å². The lowest BCUT2D eigenvalue weighted by Crippen LogP contribution is -2.49. The maximum atomic E-state index is 12.5. The van der Waals surface area contributed by atoms with E-state index in [2.05, 4.69) is 15.0 Å². The second-order valence-electron chi connectivity index (χ2n) is 7.23. The lowest BCUT2D eigenvalue weighted by Gasteiger charge is -2.33. The number of rotatable bonds is 6. The van der Waals surface area contributed by atoms with Crippen molar-refractivity contribution in [2.45, 2.75) is 13.5 Å². The van der Waals surface area contributed by atoms with Gasteiger partial charge >= 0.3 is 0 Å². The molecule has 3 aromatic rings. The van der Waals surface area contributed by atoms with Crippen molar-refractivity contribution in [3.05, 3.63) is 65.0 Å². The summed E-state index contributed by atoms with van der Waals surface area (Å²) in [5.41, 5.74) is 1.88. The predicted molar refractivity (Wildman–Crippen MR) is 113 cm³/mol. The third-order valence-electron chi connectivity index (χ3n) is 5.10. The van der Waals surface area contributed by atoms with Gasteiger partial charge in [0, 0.05) is 36.8 Å². The normalized spacial score (nSPS) is 14.7. The summed E-state index contributed by atoms with van der Waals surface area (Å²) in [4.78, 5) is 21.0. The molecule has 0 bridgehead atoms. The number of hydrogen-bond donors (Lipinski definition) is 0. The molecule has 0 aliphatic carbocycles. The van der Waals surface area contributed by atoms with Gasteiger partial charge in [-0.2, -0.15) is 4.98 Å². The fourth-order valence-corrected chi connectivity index (χ4v) is 3.46. The van der Waals surface area contributed by atoms with E-state index >= 15 is 0 Å². The standard InChI is InChI=1S/C22H23ClN4O3/c1-16-4-2-3-5-19(16)29-15-21(28)27-12-10-26(11-13-27)14-20-24-22(25-30-20)17-6-8-18(23)9-7-17/h2-9H,10-15H2,1H3. The van der Waals surface area contributed by atoms with Crippen LogP contribution in [0.3, 0.4) is 0 Å². The van der Waals surface area contributed by atoms with Crippen molar-refractivity contribution >= 4 is 17.5 Å². The van der Waals surface area contributed by atoms with Gasteiger partial charge in [-0.1, -0.05) is 35.0 Å². The van der Waals surface area contributed by atoms with Gasteiger partial charge in [-0.05, 0) is 42.8 Å². The molecule has 0 N–H and O–H groups in total. The highest BCUT2D eigenvalue weighted by atomic mass is 35.5. The van der Waals surface area contributed by atoms with E-state index < -0.39 is 0 Å². The number of aromatic nitrogens is 2. The number of carbonyl (C=O) groups excluding carboxylic acids is 1. The second kappa shape index (κ2) is 9.28. The molecule has 30 heavy (non-hydrogen) atoms. The average molecular weight is 427 g/mol. The number of piperazine rings is 1. The zero-order chi connectivity index (χ0) is 20.9. The van der Waals surface area contributed by atoms with Gasteiger partial charge in [0.1, 0.15) is 5.75 Å². The molecule has 0 saturated carbocycles. The Bertz CT molecular complexity index is 998. The van der Waals surface area contributed by atoms with Crippen LogP contribution in [0.15, 0.2) is 53.1 Å². The van der Waals surface area contributed by atoms with E-state index in [1.54, 1.807) is 12.1 Å². The number of carbonyl (C=O) groups is 1. The lowest BCUT2D eigenvalue weighted by molar-refractivity contribution is -0.135. The van der Waals surface area contributed by atoms with Gasteiger partial charge < -0.3 is 14.2 Å². The van der Waals surface area contributed by atoms with Gasteiger partial charge in [0.05, 0.1) is 6.54 Å². The van der Waals surface area contributed by atoms with Crippen LogP contribution in [0.25, 0.3) is 11.4 Å². The topological polar surface area (TPSA) is 71.7 Å². The highest BCUT2D eigenvalue weighted by molar-refractivity contribution is 6.30. The number of ether oxygens (including phenoxy) is 1. The largest absolute Gasteiger partial charge is 0.484 e. The van der Waals surface area contributed by atoms with Gasteiger partial charge in [0.15, 0.2) is 6.61 Å². The number of aryl methyl sites for hydroxylation is 1. The van der Waals surface area contributed by atoms with E-state index in [1.165, 1.54) is 0 Å². The lowest BCUT2D eigenvalue weighted by atomic mass is 10.2. The molecule has 0 atom stereocenters. The smallest absolute Gasteiger partial charge is 0.260 e. The SMILES string of the molecule is Cc1ccccc1OCC(=O)N1CCN(Cc2nc(-c3ccc(Cl)cc3)no2)CC1. The summed E-state index contributed by atoms with van der Waals surface area (Å²) in [5.74, 6) is 1.85. The summed E-state index contributed by atoms with van der Waals surface area (Å²) in [5, 5.41) is 4.71. The van der Waals surface area contributed by atoms with Gasteiger partial charge in [-0.3, -0.25) is 9.69 Å². The highest BCUT2D eigenvalue weighted by Gasteiger charge is 2.23. The number of hydrogen-bond acceptors (Lipinski definition) is 6. The average Bonchev–Trinajstić information content (AvgIpc) is 3.22. The number of amides is 1. The fraction of sp³-hybridized carbons (Fsp3) is 0.318. The van der Waals surface area contributed by atoms with E-state index in [1.807, 2.05) is 48.2 Å². The van der Waals surface area contributed by atoms with Crippen molar-refractivity contribution in [2.24, 2.45) is 0 Å². The Kier molecular flexibility index (Phi) is 6.30. The Balaban J connectivity index is 1.25. The Labute approximate surface area is 180 Å². The number of para-hydroxylation sites is 1. The van der Waals surface area contributed by atoms with Crippen LogP contribution in [0.1, 0.15) is 11.5 Å². The van der Waals surface area contributed by atoms with Crippen LogP contribution in [0.2, 0.25) is 5.02 Å². The minimum absolute atomic E-state index is 0.000665. The quantitative estimate of drug-likeness (QED) is 0.601. The van der Waals surface area contributed by atoms with Crippen LogP contribution in [0, 0.1) is 6.92 Å². The Morgan fingerprint density at radius 3 is 2.57 bits per heavy atom.